The van der Waals surface area contributed by atoms with E-state index < -0.39 is 5.97 Å². The van der Waals surface area contributed by atoms with Crippen molar-refractivity contribution >= 4 is 5.97 Å². The molecule has 1 rings (SSSR count). The van der Waals surface area contributed by atoms with Gasteiger partial charge in [0.15, 0.2) is 0 Å². The molecule has 0 radical (unpaired) electrons. The van der Waals surface area contributed by atoms with Crippen LogP contribution in [0.1, 0.15) is 38.3 Å². The molecule has 0 heterocycles. The van der Waals surface area contributed by atoms with Crippen molar-refractivity contribution in [3.8, 4) is 5.75 Å². The van der Waals surface area contributed by atoms with Crippen LogP contribution in [0, 0.1) is 0 Å². The quantitative estimate of drug-likeness (QED) is 0.782. The largest absolute Gasteiger partial charge is 0.497 e. The molecule has 0 amide bonds. The van der Waals surface area contributed by atoms with Gasteiger partial charge in [-0.2, -0.15) is 0 Å². The maximum absolute atomic E-state index is 10.5. The third kappa shape index (κ3) is 4.75. The van der Waals surface area contributed by atoms with Gasteiger partial charge in [-0.15, -0.1) is 0 Å². The Bertz CT molecular complexity index is 375. The van der Waals surface area contributed by atoms with Crippen LogP contribution >= 0.6 is 0 Å². The van der Waals surface area contributed by atoms with Gasteiger partial charge in [-0.25, -0.2) is 0 Å². The number of carbonyl (C=O) groups is 1. The molecule has 2 atom stereocenters. The number of methoxy groups -OCH3 is 1. The lowest BCUT2D eigenvalue weighted by atomic mass is 10.1. The summed E-state index contributed by atoms with van der Waals surface area (Å²) in [5.41, 5.74) is 1.16. The minimum absolute atomic E-state index is 0.179. The Balaban J connectivity index is 2.47. The van der Waals surface area contributed by atoms with E-state index in [0.29, 0.717) is 6.42 Å². The molecule has 0 aliphatic heterocycles. The van der Waals surface area contributed by atoms with Crippen molar-refractivity contribution in [3.63, 3.8) is 0 Å². The highest BCUT2D eigenvalue weighted by molar-refractivity contribution is 5.66. The van der Waals surface area contributed by atoms with Crippen molar-refractivity contribution in [2.45, 2.75) is 38.8 Å². The molecule has 1 aromatic rings. The molecular weight excluding hydrogens is 230 g/mol. The molecule has 0 saturated carbocycles. The normalized spacial score (nSPS) is 13.9. The van der Waals surface area contributed by atoms with Gasteiger partial charge in [-0.05, 0) is 38.0 Å². The fraction of sp³-hybridized carbons (Fsp3) is 0.500. The summed E-state index contributed by atoms with van der Waals surface area (Å²) in [6, 6.07) is 8.25. The predicted molar refractivity (Wildman–Crippen MR) is 70.9 cm³/mol. The van der Waals surface area contributed by atoms with Gasteiger partial charge >= 0.3 is 5.97 Å². The van der Waals surface area contributed by atoms with Gasteiger partial charge in [0.2, 0.25) is 0 Å². The van der Waals surface area contributed by atoms with E-state index in [0.717, 1.165) is 11.3 Å². The highest BCUT2D eigenvalue weighted by Gasteiger charge is 2.10. The molecule has 2 unspecified atom stereocenters. The summed E-state index contributed by atoms with van der Waals surface area (Å²) in [6.45, 7) is 4.07. The van der Waals surface area contributed by atoms with Crippen LogP contribution in [-0.2, 0) is 4.79 Å². The third-order valence-electron chi connectivity index (χ3n) is 2.94. The fourth-order valence-corrected chi connectivity index (χ4v) is 1.84. The highest BCUT2D eigenvalue weighted by atomic mass is 16.5. The van der Waals surface area contributed by atoms with Gasteiger partial charge in [0, 0.05) is 18.5 Å². The van der Waals surface area contributed by atoms with E-state index in [9.17, 15) is 4.79 Å². The van der Waals surface area contributed by atoms with Crippen LogP contribution in [0.25, 0.3) is 0 Å². The van der Waals surface area contributed by atoms with E-state index in [4.69, 9.17) is 9.84 Å². The maximum Gasteiger partial charge on any atom is 0.303 e. The second-order valence-electron chi connectivity index (χ2n) is 4.49. The molecule has 2 N–H and O–H groups in total. The number of benzene rings is 1. The molecule has 0 bridgehead atoms. The summed E-state index contributed by atoms with van der Waals surface area (Å²) in [4.78, 5) is 10.5. The second kappa shape index (κ2) is 7.01. The zero-order chi connectivity index (χ0) is 13.5. The zero-order valence-electron chi connectivity index (χ0n) is 11.1. The Morgan fingerprint density at radius 2 is 1.94 bits per heavy atom. The van der Waals surface area contributed by atoms with Crippen LogP contribution in [0.2, 0.25) is 0 Å². The van der Waals surface area contributed by atoms with Crippen molar-refractivity contribution in [2.24, 2.45) is 0 Å². The molecule has 4 heteroatoms. The Hall–Kier alpha value is -1.55. The van der Waals surface area contributed by atoms with Gasteiger partial charge in [-0.1, -0.05) is 12.1 Å². The summed E-state index contributed by atoms with van der Waals surface area (Å²) in [5.74, 6) is 0.0885. The molecule has 0 aliphatic carbocycles. The summed E-state index contributed by atoms with van der Waals surface area (Å²) in [7, 11) is 1.64. The molecular formula is C14H21NO3. The third-order valence-corrected chi connectivity index (χ3v) is 2.94. The average Bonchev–Trinajstić information content (AvgIpc) is 2.36. The molecule has 0 aromatic heterocycles. The predicted octanol–water partition coefficient (Wildman–Crippen LogP) is 2.60. The number of nitrogens with one attached hydrogen (secondary N) is 1. The van der Waals surface area contributed by atoms with Crippen LogP contribution in [-0.4, -0.2) is 24.2 Å². The van der Waals surface area contributed by atoms with Crippen molar-refractivity contribution in [3.05, 3.63) is 29.8 Å². The molecule has 0 spiro atoms. The minimum atomic E-state index is -0.749. The second-order valence-corrected chi connectivity index (χ2v) is 4.49. The first-order chi connectivity index (χ1) is 8.52. The van der Waals surface area contributed by atoms with Crippen LogP contribution in [0.3, 0.4) is 0 Å². The maximum atomic E-state index is 10.5. The smallest absolute Gasteiger partial charge is 0.303 e. The van der Waals surface area contributed by atoms with Crippen molar-refractivity contribution in [1.29, 1.82) is 0 Å². The number of hydrogen-bond donors (Lipinski definition) is 2. The lowest BCUT2D eigenvalue weighted by Gasteiger charge is -2.20. The molecule has 4 nitrogen and oxygen atoms in total. The summed E-state index contributed by atoms with van der Waals surface area (Å²) in [6.07, 6.45) is 0.833. The van der Waals surface area contributed by atoms with Crippen molar-refractivity contribution < 1.29 is 14.6 Å². The van der Waals surface area contributed by atoms with E-state index in [-0.39, 0.29) is 18.5 Å². The van der Waals surface area contributed by atoms with Gasteiger partial charge in [-0.3, -0.25) is 4.79 Å². The van der Waals surface area contributed by atoms with E-state index in [1.807, 2.05) is 31.2 Å². The van der Waals surface area contributed by atoms with Gasteiger partial charge < -0.3 is 15.2 Å². The van der Waals surface area contributed by atoms with E-state index in [1.165, 1.54) is 0 Å². The van der Waals surface area contributed by atoms with Gasteiger partial charge in [0.25, 0.3) is 0 Å². The summed E-state index contributed by atoms with van der Waals surface area (Å²) in [5, 5.41) is 12.0. The Morgan fingerprint density at radius 3 is 2.44 bits per heavy atom. The van der Waals surface area contributed by atoms with Gasteiger partial charge in [0.1, 0.15) is 5.75 Å². The van der Waals surface area contributed by atoms with E-state index in [1.54, 1.807) is 7.11 Å². The molecule has 0 fully saturated rings. The first-order valence-electron chi connectivity index (χ1n) is 6.14. The zero-order valence-corrected chi connectivity index (χ0v) is 11.1. The Labute approximate surface area is 108 Å². The molecule has 100 valence electrons. The Kier molecular flexibility index (Phi) is 5.65. The molecule has 0 saturated heterocycles. The van der Waals surface area contributed by atoms with Crippen LogP contribution < -0.4 is 10.1 Å². The Morgan fingerprint density at radius 1 is 1.33 bits per heavy atom. The highest BCUT2D eigenvalue weighted by Crippen LogP contribution is 2.18. The topological polar surface area (TPSA) is 58.6 Å². The van der Waals surface area contributed by atoms with Gasteiger partial charge in [0.05, 0.1) is 7.11 Å². The van der Waals surface area contributed by atoms with Crippen LogP contribution in [0.4, 0.5) is 0 Å². The SMILES string of the molecule is COc1ccc(C(C)NC(C)CCC(=O)O)cc1. The number of carboxylic acid groups (broad SMARTS) is 1. The van der Waals surface area contributed by atoms with Crippen molar-refractivity contribution in [1.82, 2.24) is 5.32 Å². The number of carboxylic acids is 1. The minimum Gasteiger partial charge on any atom is -0.497 e. The van der Waals surface area contributed by atoms with E-state index in [2.05, 4.69) is 12.2 Å². The first kappa shape index (κ1) is 14.5. The lowest BCUT2D eigenvalue weighted by molar-refractivity contribution is -0.137. The van der Waals surface area contributed by atoms with Crippen LogP contribution in [0.15, 0.2) is 24.3 Å². The monoisotopic (exact) mass is 251 g/mol. The number of rotatable bonds is 7. The molecule has 1 aromatic carbocycles. The standard InChI is InChI=1S/C14H21NO3/c1-10(4-9-14(16)17)15-11(2)12-5-7-13(18-3)8-6-12/h5-8,10-11,15H,4,9H2,1-3H3,(H,16,17). The number of hydrogen-bond acceptors (Lipinski definition) is 3. The molecule has 0 aliphatic rings. The fourth-order valence-electron chi connectivity index (χ4n) is 1.84. The summed E-state index contributed by atoms with van der Waals surface area (Å²) >= 11 is 0. The first-order valence-corrected chi connectivity index (χ1v) is 6.14. The van der Waals surface area contributed by atoms with Crippen LogP contribution in [0.5, 0.6) is 5.75 Å². The van der Waals surface area contributed by atoms with E-state index >= 15 is 0 Å². The molecule has 18 heavy (non-hydrogen) atoms. The number of ether oxygens (including phenoxy) is 1. The average molecular weight is 251 g/mol. The number of aliphatic carboxylic acids is 1. The lowest BCUT2D eigenvalue weighted by Crippen LogP contribution is -2.29. The van der Waals surface area contributed by atoms with Crippen molar-refractivity contribution in [2.75, 3.05) is 7.11 Å². The summed E-state index contributed by atoms with van der Waals surface area (Å²) < 4.78 is 5.11.